The number of nitrogens with one attached hydrogen (secondary N) is 1. The van der Waals surface area contributed by atoms with Crippen molar-refractivity contribution in [3.05, 3.63) is 59.4 Å². The van der Waals surface area contributed by atoms with Crippen molar-refractivity contribution >= 4 is 23.4 Å². The van der Waals surface area contributed by atoms with Crippen molar-refractivity contribution in [2.45, 2.75) is 24.3 Å². The van der Waals surface area contributed by atoms with Crippen LogP contribution in [0.2, 0.25) is 0 Å². The molecular formula is C18H14F3N3O2S. The first-order valence-corrected chi connectivity index (χ1v) is 8.75. The first kappa shape index (κ1) is 19.0. The first-order valence-electron chi connectivity index (χ1n) is 7.87. The van der Waals surface area contributed by atoms with Gasteiger partial charge >= 0.3 is 0 Å². The zero-order chi connectivity index (χ0) is 19.6. The molecule has 0 aliphatic heterocycles. The summed E-state index contributed by atoms with van der Waals surface area (Å²) in [5, 5.41) is 9.47. The summed E-state index contributed by atoms with van der Waals surface area (Å²) in [6.07, 6.45) is 0. The molecule has 3 aromatic rings. The predicted octanol–water partition coefficient (Wildman–Crippen LogP) is 4.58. The van der Waals surface area contributed by atoms with Crippen LogP contribution in [0.4, 0.5) is 18.9 Å². The van der Waals surface area contributed by atoms with E-state index >= 15 is 0 Å². The lowest BCUT2D eigenvalue weighted by Gasteiger charge is -2.11. The lowest BCUT2D eigenvalue weighted by Crippen LogP contribution is -2.23. The molecule has 140 valence electrons. The van der Waals surface area contributed by atoms with Crippen LogP contribution in [-0.4, -0.2) is 21.4 Å². The summed E-state index contributed by atoms with van der Waals surface area (Å²) in [5.74, 6) is -4.74. The molecule has 9 heteroatoms. The van der Waals surface area contributed by atoms with E-state index in [4.69, 9.17) is 4.42 Å². The molecule has 0 saturated heterocycles. The molecule has 0 bridgehead atoms. The van der Waals surface area contributed by atoms with Gasteiger partial charge in [0.1, 0.15) is 0 Å². The summed E-state index contributed by atoms with van der Waals surface area (Å²) in [7, 11) is 0. The summed E-state index contributed by atoms with van der Waals surface area (Å²) in [6.45, 7) is 3.44. The minimum atomic E-state index is -1.65. The fourth-order valence-electron chi connectivity index (χ4n) is 2.24. The Bertz CT molecular complexity index is 994. The molecular weight excluding hydrogens is 379 g/mol. The molecule has 0 radical (unpaired) electrons. The standard InChI is InChI=1S/C18H14F3N3O2S/c1-9-5-3-4-6-11(9)17-23-24-18(26-17)27-10(2)16(25)22-13-8-7-12(19)14(20)15(13)21/h3-8,10H,1-2H3,(H,22,25)/t10-/m1/s1. The number of aryl methyl sites for hydroxylation is 1. The molecule has 0 spiro atoms. The van der Waals surface area contributed by atoms with Gasteiger partial charge in [-0.1, -0.05) is 30.0 Å². The van der Waals surface area contributed by atoms with Crippen molar-refractivity contribution in [2.24, 2.45) is 0 Å². The Labute approximate surface area is 157 Å². The van der Waals surface area contributed by atoms with Gasteiger partial charge in [-0.05, 0) is 37.6 Å². The molecule has 3 rings (SSSR count). The van der Waals surface area contributed by atoms with Crippen LogP contribution in [0.5, 0.6) is 0 Å². The molecule has 5 nitrogen and oxygen atoms in total. The highest BCUT2D eigenvalue weighted by Gasteiger charge is 2.22. The third-order valence-corrected chi connectivity index (χ3v) is 4.66. The van der Waals surface area contributed by atoms with Crippen LogP contribution in [0.3, 0.4) is 0 Å². The number of nitrogens with zero attached hydrogens (tertiary/aromatic N) is 2. The minimum Gasteiger partial charge on any atom is -0.411 e. The molecule has 0 unspecified atom stereocenters. The third kappa shape index (κ3) is 4.13. The van der Waals surface area contributed by atoms with Crippen molar-refractivity contribution in [3.63, 3.8) is 0 Å². The van der Waals surface area contributed by atoms with Gasteiger partial charge in [0.15, 0.2) is 17.5 Å². The van der Waals surface area contributed by atoms with Crippen LogP contribution < -0.4 is 5.32 Å². The quantitative estimate of drug-likeness (QED) is 0.508. The molecule has 1 aromatic heterocycles. The Morgan fingerprint density at radius 3 is 2.59 bits per heavy atom. The van der Waals surface area contributed by atoms with Gasteiger partial charge in [-0.25, -0.2) is 13.2 Å². The van der Waals surface area contributed by atoms with Gasteiger partial charge in [0.05, 0.1) is 10.9 Å². The first-order chi connectivity index (χ1) is 12.9. The van der Waals surface area contributed by atoms with Gasteiger partial charge in [-0.3, -0.25) is 4.79 Å². The Hall–Kier alpha value is -2.81. The molecule has 0 aliphatic carbocycles. The van der Waals surface area contributed by atoms with Crippen LogP contribution in [0, 0.1) is 24.4 Å². The number of halogens is 3. The molecule has 0 aliphatic rings. The van der Waals surface area contributed by atoms with E-state index < -0.39 is 34.3 Å². The zero-order valence-corrected chi connectivity index (χ0v) is 15.1. The van der Waals surface area contributed by atoms with Crippen LogP contribution in [0.25, 0.3) is 11.5 Å². The second kappa shape index (κ2) is 7.83. The Morgan fingerprint density at radius 1 is 1.11 bits per heavy atom. The van der Waals surface area contributed by atoms with Gasteiger partial charge in [-0.15, -0.1) is 10.2 Å². The highest BCUT2D eigenvalue weighted by Crippen LogP contribution is 2.28. The van der Waals surface area contributed by atoms with Crippen molar-refractivity contribution in [1.29, 1.82) is 0 Å². The predicted molar refractivity (Wildman–Crippen MR) is 94.7 cm³/mol. The molecule has 1 N–H and O–H groups in total. The fraction of sp³-hybridized carbons (Fsp3) is 0.167. The Balaban J connectivity index is 1.69. The van der Waals surface area contributed by atoms with Gasteiger partial charge in [-0.2, -0.15) is 0 Å². The Kier molecular flexibility index (Phi) is 5.50. The van der Waals surface area contributed by atoms with Crippen LogP contribution in [0.15, 0.2) is 46.0 Å². The number of hydrogen-bond donors (Lipinski definition) is 1. The summed E-state index contributed by atoms with van der Waals surface area (Å²) < 4.78 is 45.4. The van der Waals surface area contributed by atoms with E-state index in [2.05, 4.69) is 15.5 Å². The van der Waals surface area contributed by atoms with E-state index in [0.717, 1.165) is 35.0 Å². The van der Waals surface area contributed by atoms with Gasteiger partial charge in [0, 0.05) is 5.56 Å². The highest BCUT2D eigenvalue weighted by molar-refractivity contribution is 8.00. The van der Waals surface area contributed by atoms with Crippen LogP contribution in [0.1, 0.15) is 12.5 Å². The van der Waals surface area contributed by atoms with E-state index in [1.807, 2.05) is 31.2 Å². The SMILES string of the molecule is Cc1ccccc1-c1nnc(S[C@H](C)C(=O)Nc2ccc(F)c(F)c2F)o1. The number of rotatable bonds is 5. The molecule has 27 heavy (non-hydrogen) atoms. The van der Waals surface area contributed by atoms with Gasteiger partial charge in [0.25, 0.3) is 5.22 Å². The maximum Gasteiger partial charge on any atom is 0.277 e. The number of aromatic nitrogens is 2. The van der Waals surface area contributed by atoms with Gasteiger partial charge in [0.2, 0.25) is 11.8 Å². The largest absolute Gasteiger partial charge is 0.411 e. The number of benzene rings is 2. The van der Waals surface area contributed by atoms with E-state index in [1.165, 1.54) is 6.92 Å². The molecule has 2 aromatic carbocycles. The van der Waals surface area contributed by atoms with Crippen molar-refractivity contribution in [1.82, 2.24) is 10.2 Å². The minimum absolute atomic E-state index is 0.154. The number of thioether (sulfide) groups is 1. The number of amides is 1. The highest BCUT2D eigenvalue weighted by atomic mass is 32.2. The maximum absolute atomic E-state index is 13.7. The molecule has 0 saturated carbocycles. The van der Waals surface area contributed by atoms with Crippen molar-refractivity contribution in [2.75, 3.05) is 5.32 Å². The number of carbonyl (C=O) groups is 1. The Morgan fingerprint density at radius 2 is 1.85 bits per heavy atom. The normalized spacial score (nSPS) is 12.0. The lowest BCUT2D eigenvalue weighted by atomic mass is 10.1. The average molecular weight is 393 g/mol. The zero-order valence-electron chi connectivity index (χ0n) is 14.3. The number of anilines is 1. The van der Waals surface area contributed by atoms with Gasteiger partial charge < -0.3 is 9.73 Å². The molecule has 1 heterocycles. The number of carbonyl (C=O) groups excluding carboxylic acids is 1. The molecule has 0 fully saturated rings. The smallest absolute Gasteiger partial charge is 0.277 e. The second-order valence-corrected chi connectivity index (χ2v) is 6.95. The monoisotopic (exact) mass is 393 g/mol. The van der Waals surface area contributed by atoms with E-state index in [0.29, 0.717) is 5.89 Å². The molecule has 1 atom stereocenters. The van der Waals surface area contributed by atoms with Crippen molar-refractivity contribution in [3.8, 4) is 11.5 Å². The lowest BCUT2D eigenvalue weighted by molar-refractivity contribution is -0.115. The van der Waals surface area contributed by atoms with Crippen LogP contribution in [-0.2, 0) is 4.79 Å². The fourth-order valence-corrected chi connectivity index (χ4v) is 2.92. The second-order valence-electron chi connectivity index (χ2n) is 5.66. The van der Waals surface area contributed by atoms with Crippen LogP contribution >= 0.6 is 11.8 Å². The van der Waals surface area contributed by atoms with E-state index in [1.54, 1.807) is 0 Å². The van der Waals surface area contributed by atoms with Crippen molar-refractivity contribution < 1.29 is 22.4 Å². The summed E-state index contributed by atoms with van der Waals surface area (Å²) >= 11 is 0.963. The summed E-state index contributed by atoms with van der Waals surface area (Å²) in [4.78, 5) is 12.2. The van der Waals surface area contributed by atoms with E-state index in [9.17, 15) is 18.0 Å². The average Bonchev–Trinajstić information content (AvgIpc) is 3.10. The summed E-state index contributed by atoms with van der Waals surface area (Å²) in [6, 6.07) is 9.14. The third-order valence-electron chi connectivity index (χ3n) is 3.72. The van der Waals surface area contributed by atoms with E-state index in [-0.39, 0.29) is 5.22 Å². The topological polar surface area (TPSA) is 68.0 Å². The maximum atomic E-state index is 13.7. The molecule has 1 amide bonds. The summed E-state index contributed by atoms with van der Waals surface area (Å²) in [5.41, 5.74) is 1.28. The number of hydrogen-bond acceptors (Lipinski definition) is 5.